The molecule has 0 fully saturated rings. The maximum absolute atomic E-state index is 12.8. The van der Waals surface area contributed by atoms with Crippen LogP contribution in [0.4, 0.5) is 5.69 Å². The van der Waals surface area contributed by atoms with E-state index in [1.807, 2.05) is 36.4 Å². The SMILES string of the molecule is Cc1nn(C)c(Cl)c1C(=O)Nc1c(-c2ccccc2)ccc(Cl)c1Cl. The number of nitrogens with zero attached hydrogens (tertiary/aromatic N) is 2. The van der Waals surface area contributed by atoms with E-state index >= 15 is 0 Å². The van der Waals surface area contributed by atoms with Gasteiger partial charge in [0.1, 0.15) is 5.15 Å². The van der Waals surface area contributed by atoms with E-state index in [-0.39, 0.29) is 10.2 Å². The lowest BCUT2D eigenvalue weighted by Crippen LogP contribution is -2.14. The van der Waals surface area contributed by atoms with Crippen LogP contribution in [0.1, 0.15) is 16.1 Å². The molecule has 3 aromatic rings. The number of hydrogen-bond acceptors (Lipinski definition) is 2. The van der Waals surface area contributed by atoms with Gasteiger partial charge in [-0.15, -0.1) is 0 Å². The van der Waals surface area contributed by atoms with Gasteiger partial charge in [0.2, 0.25) is 0 Å². The standard InChI is InChI=1S/C18H14Cl3N3O/c1-10-14(17(21)24(2)23-10)18(25)22-16-12(8-9-13(19)15(16)20)11-6-4-3-5-7-11/h3-9H,1-2H3,(H,22,25). The molecule has 0 aliphatic carbocycles. The average Bonchev–Trinajstić information content (AvgIpc) is 2.85. The van der Waals surface area contributed by atoms with Crippen LogP contribution in [0, 0.1) is 6.92 Å². The molecule has 7 heteroatoms. The Kier molecular flexibility index (Phi) is 5.04. The number of aryl methyl sites for hydroxylation is 2. The summed E-state index contributed by atoms with van der Waals surface area (Å²) < 4.78 is 1.45. The number of anilines is 1. The number of carbonyl (C=O) groups excluding carboxylic acids is 1. The molecule has 3 rings (SSSR count). The smallest absolute Gasteiger partial charge is 0.260 e. The lowest BCUT2D eigenvalue weighted by atomic mass is 10.0. The molecule has 0 radical (unpaired) electrons. The molecule has 4 nitrogen and oxygen atoms in total. The second kappa shape index (κ2) is 7.08. The Labute approximate surface area is 160 Å². The van der Waals surface area contributed by atoms with Gasteiger partial charge in [-0.1, -0.05) is 71.2 Å². The molecule has 1 heterocycles. The molecule has 0 atom stereocenters. The molecule has 1 aromatic heterocycles. The van der Waals surface area contributed by atoms with Crippen molar-refractivity contribution in [1.29, 1.82) is 0 Å². The minimum atomic E-state index is -0.392. The number of nitrogens with one attached hydrogen (secondary N) is 1. The van der Waals surface area contributed by atoms with Gasteiger partial charge in [-0.05, 0) is 18.6 Å². The van der Waals surface area contributed by atoms with Gasteiger partial charge in [0.15, 0.2) is 0 Å². The second-order valence-corrected chi connectivity index (χ2v) is 6.62. The molecular formula is C18H14Cl3N3O. The highest BCUT2D eigenvalue weighted by Crippen LogP contribution is 2.39. The Morgan fingerprint density at radius 3 is 2.36 bits per heavy atom. The van der Waals surface area contributed by atoms with E-state index in [2.05, 4.69) is 10.4 Å². The maximum atomic E-state index is 12.8. The molecule has 0 bridgehead atoms. The molecule has 0 aliphatic rings. The summed E-state index contributed by atoms with van der Waals surface area (Å²) in [6.07, 6.45) is 0. The highest BCUT2D eigenvalue weighted by atomic mass is 35.5. The lowest BCUT2D eigenvalue weighted by Gasteiger charge is -2.14. The van der Waals surface area contributed by atoms with Crippen LogP contribution in [0.2, 0.25) is 15.2 Å². The van der Waals surface area contributed by atoms with Crippen LogP contribution < -0.4 is 5.32 Å². The highest BCUT2D eigenvalue weighted by Gasteiger charge is 2.22. The van der Waals surface area contributed by atoms with Crippen LogP contribution in [-0.4, -0.2) is 15.7 Å². The summed E-state index contributed by atoms with van der Waals surface area (Å²) in [4.78, 5) is 12.8. The molecule has 0 saturated heterocycles. The van der Waals surface area contributed by atoms with E-state index in [1.54, 1.807) is 20.0 Å². The number of halogens is 3. The number of rotatable bonds is 3. The van der Waals surface area contributed by atoms with Crippen molar-refractivity contribution in [3.05, 3.63) is 68.9 Å². The predicted octanol–water partition coefficient (Wildman–Crippen LogP) is 5.61. The summed E-state index contributed by atoms with van der Waals surface area (Å²) >= 11 is 18.7. The zero-order valence-corrected chi connectivity index (χ0v) is 15.7. The highest BCUT2D eigenvalue weighted by molar-refractivity contribution is 6.44. The molecule has 0 aliphatic heterocycles. The molecule has 2 aromatic carbocycles. The molecule has 128 valence electrons. The lowest BCUT2D eigenvalue weighted by molar-refractivity contribution is 0.102. The fourth-order valence-corrected chi connectivity index (χ4v) is 3.23. The van der Waals surface area contributed by atoms with Gasteiger partial charge in [-0.25, -0.2) is 0 Å². The first-order chi connectivity index (χ1) is 11.9. The third-order valence-electron chi connectivity index (χ3n) is 3.80. The normalized spacial score (nSPS) is 10.8. The van der Waals surface area contributed by atoms with Crippen LogP contribution in [-0.2, 0) is 7.05 Å². The Morgan fingerprint density at radius 1 is 1.08 bits per heavy atom. The van der Waals surface area contributed by atoms with Gasteiger partial charge in [0, 0.05) is 12.6 Å². The number of aromatic nitrogens is 2. The van der Waals surface area contributed by atoms with Crippen molar-refractivity contribution in [2.75, 3.05) is 5.32 Å². The Bertz CT molecular complexity index is 952. The van der Waals surface area contributed by atoms with Crippen molar-refractivity contribution in [3.63, 3.8) is 0 Å². The quantitative estimate of drug-likeness (QED) is 0.628. The number of benzene rings is 2. The maximum Gasteiger partial charge on any atom is 0.260 e. The van der Waals surface area contributed by atoms with E-state index in [9.17, 15) is 4.79 Å². The summed E-state index contributed by atoms with van der Waals surface area (Å²) in [7, 11) is 1.67. The predicted molar refractivity (Wildman–Crippen MR) is 103 cm³/mol. The van der Waals surface area contributed by atoms with Gasteiger partial charge in [0.05, 0.1) is 27.0 Å². The summed E-state index contributed by atoms with van der Waals surface area (Å²) in [6, 6.07) is 13.1. The topological polar surface area (TPSA) is 46.9 Å². The number of hydrogen-bond donors (Lipinski definition) is 1. The van der Waals surface area contributed by atoms with Crippen molar-refractivity contribution in [1.82, 2.24) is 9.78 Å². The van der Waals surface area contributed by atoms with Gasteiger partial charge >= 0.3 is 0 Å². The average molecular weight is 395 g/mol. The molecule has 25 heavy (non-hydrogen) atoms. The molecule has 0 spiro atoms. The van der Waals surface area contributed by atoms with Gasteiger partial charge in [-0.2, -0.15) is 5.10 Å². The van der Waals surface area contributed by atoms with Crippen LogP contribution in [0.5, 0.6) is 0 Å². The Balaban J connectivity index is 2.08. The van der Waals surface area contributed by atoms with Crippen LogP contribution in [0.25, 0.3) is 11.1 Å². The largest absolute Gasteiger partial charge is 0.320 e. The van der Waals surface area contributed by atoms with Crippen LogP contribution >= 0.6 is 34.8 Å². The molecule has 0 saturated carbocycles. The van der Waals surface area contributed by atoms with Gasteiger partial charge in [-0.3, -0.25) is 9.48 Å². The van der Waals surface area contributed by atoms with Crippen LogP contribution in [0.15, 0.2) is 42.5 Å². The summed E-state index contributed by atoms with van der Waals surface area (Å²) in [6.45, 7) is 1.72. The van der Waals surface area contributed by atoms with E-state index < -0.39 is 5.91 Å². The first-order valence-corrected chi connectivity index (χ1v) is 8.57. The monoisotopic (exact) mass is 393 g/mol. The van der Waals surface area contributed by atoms with Gasteiger partial charge < -0.3 is 5.32 Å². The minimum Gasteiger partial charge on any atom is -0.320 e. The third-order valence-corrected chi connectivity index (χ3v) is 5.04. The van der Waals surface area contributed by atoms with Gasteiger partial charge in [0.25, 0.3) is 5.91 Å². The third kappa shape index (κ3) is 3.38. The van der Waals surface area contributed by atoms with E-state index in [0.29, 0.717) is 22.0 Å². The van der Waals surface area contributed by atoms with Crippen LogP contribution in [0.3, 0.4) is 0 Å². The van der Waals surface area contributed by atoms with E-state index in [4.69, 9.17) is 34.8 Å². The Hall–Kier alpha value is -2.01. The first kappa shape index (κ1) is 17.8. The van der Waals surface area contributed by atoms with E-state index in [1.165, 1.54) is 4.68 Å². The van der Waals surface area contributed by atoms with E-state index in [0.717, 1.165) is 11.1 Å². The zero-order chi connectivity index (χ0) is 18.1. The molecule has 1 amide bonds. The Morgan fingerprint density at radius 2 is 1.76 bits per heavy atom. The fraction of sp³-hybridized carbons (Fsp3) is 0.111. The zero-order valence-electron chi connectivity index (χ0n) is 13.5. The van der Waals surface area contributed by atoms with Crippen molar-refractivity contribution < 1.29 is 4.79 Å². The number of carbonyl (C=O) groups is 1. The van der Waals surface area contributed by atoms with Crippen molar-refractivity contribution in [3.8, 4) is 11.1 Å². The molecule has 0 unspecified atom stereocenters. The molecule has 1 N–H and O–H groups in total. The first-order valence-electron chi connectivity index (χ1n) is 7.44. The molecular weight excluding hydrogens is 381 g/mol. The number of amides is 1. The summed E-state index contributed by atoms with van der Waals surface area (Å²) in [5.74, 6) is -0.392. The fourth-order valence-electron chi connectivity index (χ4n) is 2.60. The summed E-state index contributed by atoms with van der Waals surface area (Å²) in [5, 5.41) is 7.88. The van der Waals surface area contributed by atoms with Crippen molar-refractivity contribution >= 4 is 46.4 Å². The minimum absolute atomic E-state index is 0.259. The second-order valence-electron chi connectivity index (χ2n) is 5.48. The van der Waals surface area contributed by atoms with Crippen molar-refractivity contribution in [2.45, 2.75) is 6.92 Å². The van der Waals surface area contributed by atoms with Crippen molar-refractivity contribution in [2.24, 2.45) is 7.05 Å². The summed E-state index contributed by atoms with van der Waals surface area (Å²) in [5.41, 5.74) is 2.94.